The van der Waals surface area contributed by atoms with E-state index < -0.39 is 12.2 Å². The number of rotatable bonds is 4. The van der Waals surface area contributed by atoms with Crippen LogP contribution < -0.4 is 0 Å². The molecule has 0 saturated carbocycles. The van der Waals surface area contributed by atoms with Crippen molar-refractivity contribution < 1.29 is 15.0 Å². The highest BCUT2D eigenvalue weighted by Crippen LogP contribution is 2.22. The van der Waals surface area contributed by atoms with E-state index in [0.717, 1.165) is 17.5 Å². The van der Waals surface area contributed by atoms with Gasteiger partial charge in [-0.25, -0.2) is 0 Å². The van der Waals surface area contributed by atoms with E-state index in [-0.39, 0.29) is 10.9 Å². The SMILES string of the molecule is CC(=O)SCC(O)C(O)c1cnn(C)c1C. The molecule has 6 heteroatoms. The maximum atomic E-state index is 10.7. The predicted molar refractivity (Wildman–Crippen MR) is 62.1 cm³/mol. The third kappa shape index (κ3) is 3.07. The molecule has 0 radical (unpaired) electrons. The quantitative estimate of drug-likeness (QED) is 0.802. The Balaban J connectivity index is 2.66. The molecule has 0 amide bonds. The molecule has 1 aromatic rings. The summed E-state index contributed by atoms with van der Waals surface area (Å²) in [5.41, 5.74) is 1.40. The van der Waals surface area contributed by atoms with E-state index in [4.69, 9.17) is 0 Å². The molecular formula is C10H16N2O3S. The Kier molecular flexibility index (Phi) is 4.52. The molecule has 0 bridgehead atoms. The van der Waals surface area contributed by atoms with Crippen LogP contribution in [0.3, 0.4) is 0 Å². The van der Waals surface area contributed by atoms with Crippen LogP contribution in [0.1, 0.15) is 24.3 Å². The number of hydrogen-bond donors (Lipinski definition) is 2. The normalized spacial score (nSPS) is 14.8. The van der Waals surface area contributed by atoms with Crippen molar-refractivity contribution in [1.82, 2.24) is 9.78 Å². The lowest BCUT2D eigenvalue weighted by molar-refractivity contribution is -0.109. The topological polar surface area (TPSA) is 75.3 Å². The highest BCUT2D eigenvalue weighted by atomic mass is 32.2. The minimum atomic E-state index is -0.999. The maximum absolute atomic E-state index is 10.7. The number of carbonyl (C=O) groups excluding carboxylic acids is 1. The van der Waals surface area contributed by atoms with E-state index in [1.165, 1.54) is 13.1 Å². The Hall–Kier alpha value is -0.850. The van der Waals surface area contributed by atoms with E-state index in [1.807, 2.05) is 6.92 Å². The molecule has 16 heavy (non-hydrogen) atoms. The van der Waals surface area contributed by atoms with Crippen LogP contribution in [0.25, 0.3) is 0 Å². The highest BCUT2D eigenvalue weighted by molar-refractivity contribution is 8.13. The summed E-state index contributed by atoms with van der Waals surface area (Å²) in [6.07, 6.45) is -0.431. The van der Waals surface area contributed by atoms with Gasteiger partial charge in [0.2, 0.25) is 0 Å². The third-order valence-corrected chi connectivity index (χ3v) is 3.33. The second-order valence-corrected chi connectivity index (χ2v) is 4.82. The first kappa shape index (κ1) is 13.2. The fraction of sp³-hybridized carbons (Fsp3) is 0.600. The third-order valence-electron chi connectivity index (χ3n) is 2.41. The predicted octanol–water partition coefficient (Wildman–Crippen LogP) is 0.403. The fourth-order valence-corrected chi connectivity index (χ4v) is 1.89. The van der Waals surface area contributed by atoms with Crippen LogP contribution in [0, 0.1) is 6.92 Å². The molecule has 1 rings (SSSR count). The summed E-state index contributed by atoms with van der Waals surface area (Å²) in [7, 11) is 1.77. The molecule has 1 heterocycles. The number of hydrogen-bond acceptors (Lipinski definition) is 5. The molecular weight excluding hydrogens is 228 g/mol. The van der Waals surface area contributed by atoms with Gasteiger partial charge in [-0.2, -0.15) is 5.10 Å². The van der Waals surface area contributed by atoms with Crippen molar-refractivity contribution in [3.8, 4) is 0 Å². The van der Waals surface area contributed by atoms with Gasteiger partial charge in [-0.1, -0.05) is 11.8 Å². The van der Waals surface area contributed by atoms with Gasteiger partial charge >= 0.3 is 0 Å². The molecule has 0 aliphatic heterocycles. The molecule has 2 atom stereocenters. The van der Waals surface area contributed by atoms with Crippen molar-refractivity contribution >= 4 is 16.9 Å². The average molecular weight is 244 g/mol. The zero-order chi connectivity index (χ0) is 12.3. The largest absolute Gasteiger partial charge is 0.389 e. The summed E-state index contributed by atoms with van der Waals surface area (Å²) >= 11 is 0.999. The first-order valence-electron chi connectivity index (χ1n) is 4.91. The van der Waals surface area contributed by atoms with Crippen molar-refractivity contribution in [3.05, 3.63) is 17.5 Å². The molecule has 0 aliphatic carbocycles. The van der Waals surface area contributed by atoms with Crippen molar-refractivity contribution in [2.75, 3.05) is 5.75 Å². The minimum Gasteiger partial charge on any atom is -0.389 e. The lowest BCUT2D eigenvalue weighted by Crippen LogP contribution is -2.21. The van der Waals surface area contributed by atoms with Crippen LogP contribution >= 0.6 is 11.8 Å². The Morgan fingerprint density at radius 3 is 2.69 bits per heavy atom. The summed E-state index contributed by atoms with van der Waals surface area (Å²) in [6.45, 7) is 3.25. The number of aromatic nitrogens is 2. The monoisotopic (exact) mass is 244 g/mol. The van der Waals surface area contributed by atoms with Gasteiger partial charge in [0, 0.05) is 31.0 Å². The Bertz CT molecular complexity index is 378. The Morgan fingerprint density at radius 2 is 2.25 bits per heavy atom. The first-order chi connectivity index (χ1) is 7.43. The standard InChI is InChI=1S/C10H16N2O3S/c1-6-8(4-11-12(6)3)10(15)9(14)5-16-7(2)13/h4,9-10,14-15H,5H2,1-3H3. The van der Waals surface area contributed by atoms with E-state index in [2.05, 4.69) is 5.10 Å². The zero-order valence-electron chi connectivity index (χ0n) is 9.54. The summed E-state index contributed by atoms with van der Waals surface area (Å²) < 4.78 is 1.63. The summed E-state index contributed by atoms with van der Waals surface area (Å²) in [5, 5.41) is 23.5. The van der Waals surface area contributed by atoms with E-state index >= 15 is 0 Å². The van der Waals surface area contributed by atoms with Gasteiger partial charge < -0.3 is 10.2 Å². The smallest absolute Gasteiger partial charge is 0.185 e. The number of thioether (sulfide) groups is 1. The van der Waals surface area contributed by atoms with Gasteiger partial charge in [0.1, 0.15) is 6.10 Å². The van der Waals surface area contributed by atoms with Gasteiger partial charge in [0.25, 0.3) is 0 Å². The zero-order valence-corrected chi connectivity index (χ0v) is 10.4. The van der Waals surface area contributed by atoms with Crippen LogP contribution in [0.5, 0.6) is 0 Å². The van der Waals surface area contributed by atoms with Crippen molar-refractivity contribution in [3.63, 3.8) is 0 Å². The van der Waals surface area contributed by atoms with Gasteiger partial charge in [-0.15, -0.1) is 0 Å². The molecule has 0 fully saturated rings. The van der Waals surface area contributed by atoms with Gasteiger partial charge in [0.05, 0.1) is 12.3 Å². The van der Waals surface area contributed by atoms with Crippen molar-refractivity contribution in [1.29, 1.82) is 0 Å². The lowest BCUT2D eigenvalue weighted by atomic mass is 10.1. The number of aliphatic hydroxyl groups is 2. The minimum absolute atomic E-state index is 0.0749. The van der Waals surface area contributed by atoms with Crippen LogP contribution in [-0.2, 0) is 11.8 Å². The number of carbonyl (C=O) groups is 1. The number of aliphatic hydroxyl groups excluding tert-OH is 2. The molecule has 5 nitrogen and oxygen atoms in total. The Morgan fingerprint density at radius 1 is 1.62 bits per heavy atom. The molecule has 0 spiro atoms. The molecule has 1 aromatic heterocycles. The van der Waals surface area contributed by atoms with E-state index in [0.29, 0.717) is 5.56 Å². The second kappa shape index (κ2) is 5.47. The molecule has 2 N–H and O–H groups in total. The van der Waals surface area contributed by atoms with Crippen LogP contribution in [-0.4, -0.2) is 37.0 Å². The molecule has 0 aliphatic rings. The van der Waals surface area contributed by atoms with Gasteiger partial charge in [-0.05, 0) is 6.92 Å². The lowest BCUT2D eigenvalue weighted by Gasteiger charge is -2.16. The molecule has 0 aromatic carbocycles. The first-order valence-corrected chi connectivity index (χ1v) is 5.90. The van der Waals surface area contributed by atoms with E-state index in [9.17, 15) is 15.0 Å². The second-order valence-electron chi connectivity index (χ2n) is 3.62. The maximum Gasteiger partial charge on any atom is 0.185 e. The van der Waals surface area contributed by atoms with Crippen molar-refractivity contribution in [2.24, 2.45) is 7.05 Å². The van der Waals surface area contributed by atoms with Gasteiger partial charge in [-0.3, -0.25) is 9.48 Å². The average Bonchev–Trinajstić information content (AvgIpc) is 2.55. The van der Waals surface area contributed by atoms with E-state index in [1.54, 1.807) is 11.7 Å². The summed E-state index contributed by atoms with van der Waals surface area (Å²) in [6, 6.07) is 0. The number of aryl methyl sites for hydroxylation is 1. The van der Waals surface area contributed by atoms with Crippen molar-refractivity contribution in [2.45, 2.75) is 26.1 Å². The number of nitrogens with zero attached hydrogens (tertiary/aromatic N) is 2. The van der Waals surface area contributed by atoms with Crippen LogP contribution in [0.15, 0.2) is 6.20 Å². The van der Waals surface area contributed by atoms with Gasteiger partial charge in [0.15, 0.2) is 5.12 Å². The summed E-state index contributed by atoms with van der Waals surface area (Å²) in [4.78, 5) is 10.7. The fourth-order valence-electron chi connectivity index (χ4n) is 1.31. The van der Waals surface area contributed by atoms with Crippen LogP contribution in [0.4, 0.5) is 0 Å². The Labute approximate surface area is 98.5 Å². The molecule has 0 saturated heterocycles. The summed E-state index contributed by atoms with van der Waals surface area (Å²) in [5.74, 6) is 0.185. The molecule has 2 unspecified atom stereocenters. The van der Waals surface area contributed by atoms with Crippen LogP contribution in [0.2, 0.25) is 0 Å². The highest BCUT2D eigenvalue weighted by Gasteiger charge is 2.22. The molecule has 90 valence electrons.